The number of methoxy groups -OCH3 is 1. The molecule has 2 aromatic rings. The molecule has 2 rings (SSSR count). The smallest absolute Gasteiger partial charge is 0.360 e. The maximum absolute atomic E-state index is 11.7. The molecule has 0 aliphatic carbocycles. The summed E-state index contributed by atoms with van der Waals surface area (Å²) < 4.78 is 6.27. The second-order valence-corrected chi connectivity index (χ2v) is 5.07. The highest BCUT2D eigenvalue weighted by Gasteiger charge is 2.20. The van der Waals surface area contributed by atoms with E-state index in [1.54, 1.807) is 16.8 Å². The van der Waals surface area contributed by atoms with E-state index in [2.05, 4.69) is 15.0 Å². The molecule has 1 heterocycles. The lowest BCUT2D eigenvalue weighted by molar-refractivity contribution is 0.0592. The van der Waals surface area contributed by atoms with Gasteiger partial charge >= 0.3 is 5.97 Å². The van der Waals surface area contributed by atoms with Crippen LogP contribution in [0.1, 0.15) is 21.7 Å². The van der Waals surface area contributed by atoms with Crippen LogP contribution in [-0.4, -0.2) is 34.6 Å². The Morgan fingerprint density at radius 3 is 2.86 bits per heavy atom. The quantitative estimate of drug-likeness (QED) is 0.848. The highest BCUT2D eigenvalue weighted by atomic mass is 35.5. The van der Waals surface area contributed by atoms with Gasteiger partial charge in [-0.1, -0.05) is 40.5 Å². The Morgan fingerprint density at radius 1 is 1.43 bits per heavy atom. The van der Waals surface area contributed by atoms with Crippen LogP contribution in [0.15, 0.2) is 18.2 Å². The third-order valence-electron chi connectivity index (χ3n) is 2.95. The number of hydrogen-bond acceptors (Lipinski definition) is 5. The van der Waals surface area contributed by atoms with Gasteiger partial charge in [-0.25, -0.2) is 9.48 Å². The fourth-order valence-corrected chi connectivity index (χ4v) is 2.31. The lowest BCUT2D eigenvalue weighted by atomic mass is 10.2. The van der Waals surface area contributed by atoms with Crippen LogP contribution in [0.2, 0.25) is 10.0 Å². The molecule has 1 aromatic heterocycles. The predicted octanol–water partition coefficient (Wildman–Crippen LogP) is 1.92. The van der Waals surface area contributed by atoms with Crippen molar-refractivity contribution in [2.75, 3.05) is 13.7 Å². The summed E-state index contributed by atoms with van der Waals surface area (Å²) in [6.07, 6.45) is 0.454. The van der Waals surface area contributed by atoms with Crippen molar-refractivity contribution in [2.24, 2.45) is 5.73 Å². The van der Waals surface area contributed by atoms with Crippen LogP contribution < -0.4 is 5.73 Å². The molecule has 0 aliphatic rings. The van der Waals surface area contributed by atoms with Crippen molar-refractivity contribution in [1.82, 2.24) is 15.0 Å². The van der Waals surface area contributed by atoms with E-state index in [9.17, 15) is 4.79 Å². The summed E-state index contributed by atoms with van der Waals surface area (Å²) >= 11 is 12.1. The minimum atomic E-state index is -0.540. The van der Waals surface area contributed by atoms with Crippen molar-refractivity contribution < 1.29 is 9.53 Å². The van der Waals surface area contributed by atoms with E-state index in [1.165, 1.54) is 7.11 Å². The van der Waals surface area contributed by atoms with Gasteiger partial charge in [-0.15, -0.1) is 5.10 Å². The molecule has 2 N–H and O–H groups in total. The number of carbonyl (C=O) groups is 1. The molecule has 6 nitrogen and oxygen atoms in total. The summed E-state index contributed by atoms with van der Waals surface area (Å²) in [5, 5.41) is 8.75. The zero-order valence-corrected chi connectivity index (χ0v) is 12.9. The van der Waals surface area contributed by atoms with Crippen LogP contribution in [0.3, 0.4) is 0 Å². The molecule has 0 unspecified atom stereocenters. The lowest BCUT2D eigenvalue weighted by Crippen LogP contribution is -2.15. The van der Waals surface area contributed by atoms with E-state index in [-0.39, 0.29) is 5.69 Å². The summed E-state index contributed by atoms with van der Waals surface area (Å²) in [6, 6.07) is 5.33. The Kier molecular flexibility index (Phi) is 5.17. The standard InChI is InChI=1S/C13H14Cl2N4O2/c1-21-13(20)12-10(5-6-16)19(18-17-12)7-8-3-2-4-9(14)11(8)15/h2-4H,5-7,16H2,1H3. The van der Waals surface area contributed by atoms with E-state index in [4.69, 9.17) is 28.9 Å². The maximum Gasteiger partial charge on any atom is 0.360 e. The van der Waals surface area contributed by atoms with E-state index < -0.39 is 5.97 Å². The molecule has 1 aromatic carbocycles. The third kappa shape index (κ3) is 3.34. The SMILES string of the molecule is COC(=O)c1nnn(Cc2cccc(Cl)c2Cl)c1CCN. The van der Waals surface area contributed by atoms with Gasteiger partial charge in [0.2, 0.25) is 0 Å². The highest BCUT2D eigenvalue weighted by molar-refractivity contribution is 6.42. The number of nitrogens with two attached hydrogens (primary N) is 1. The van der Waals surface area contributed by atoms with E-state index >= 15 is 0 Å². The number of nitrogens with zero attached hydrogens (tertiary/aromatic N) is 3. The normalized spacial score (nSPS) is 10.7. The molecule has 0 saturated carbocycles. The Morgan fingerprint density at radius 2 is 2.19 bits per heavy atom. The number of esters is 1. The van der Waals surface area contributed by atoms with Gasteiger partial charge in [0.05, 0.1) is 29.4 Å². The third-order valence-corrected chi connectivity index (χ3v) is 3.81. The molecule has 0 atom stereocenters. The Hall–Kier alpha value is -1.63. The maximum atomic E-state index is 11.7. The topological polar surface area (TPSA) is 83.0 Å². The minimum absolute atomic E-state index is 0.168. The summed E-state index contributed by atoms with van der Waals surface area (Å²) in [4.78, 5) is 11.7. The number of rotatable bonds is 5. The molecule has 8 heteroatoms. The van der Waals surface area contributed by atoms with Crippen molar-refractivity contribution >= 4 is 29.2 Å². The molecular formula is C13H14Cl2N4O2. The Bertz CT molecular complexity index is 658. The minimum Gasteiger partial charge on any atom is -0.464 e. The molecule has 0 spiro atoms. The summed E-state index contributed by atoms with van der Waals surface area (Å²) in [7, 11) is 1.29. The molecule has 0 bridgehead atoms. The Labute approximate surface area is 131 Å². The fourth-order valence-electron chi connectivity index (χ4n) is 1.93. The zero-order valence-electron chi connectivity index (χ0n) is 11.3. The largest absolute Gasteiger partial charge is 0.464 e. The number of hydrogen-bond donors (Lipinski definition) is 1. The molecular weight excluding hydrogens is 315 g/mol. The van der Waals surface area contributed by atoms with Crippen LogP contribution in [0.4, 0.5) is 0 Å². The number of benzene rings is 1. The number of aromatic nitrogens is 3. The van der Waals surface area contributed by atoms with Crippen LogP contribution in [0.5, 0.6) is 0 Å². The van der Waals surface area contributed by atoms with Gasteiger partial charge < -0.3 is 10.5 Å². The number of ether oxygens (including phenoxy) is 1. The average Bonchev–Trinajstić information content (AvgIpc) is 2.86. The molecule has 21 heavy (non-hydrogen) atoms. The first-order valence-corrected chi connectivity index (χ1v) is 6.97. The van der Waals surface area contributed by atoms with E-state index in [0.717, 1.165) is 5.56 Å². The Balaban J connectivity index is 2.38. The van der Waals surface area contributed by atoms with Crippen LogP contribution in [0, 0.1) is 0 Å². The van der Waals surface area contributed by atoms with Crippen molar-refractivity contribution in [1.29, 1.82) is 0 Å². The summed E-state index contributed by atoms with van der Waals surface area (Å²) in [5.41, 5.74) is 7.14. The number of halogens is 2. The molecule has 0 fully saturated rings. The first-order valence-electron chi connectivity index (χ1n) is 6.22. The van der Waals surface area contributed by atoms with Crippen LogP contribution in [0.25, 0.3) is 0 Å². The highest BCUT2D eigenvalue weighted by Crippen LogP contribution is 2.26. The molecule has 112 valence electrons. The van der Waals surface area contributed by atoms with Crippen molar-refractivity contribution in [2.45, 2.75) is 13.0 Å². The van der Waals surface area contributed by atoms with Gasteiger partial charge in [-0.05, 0) is 18.2 Å². The van der Waals surface area contributed by atoms with E-state index in [0.29, 0.717) is 35.2 Å². The molecule has 0 radical (unpaired) electrons. The fraction of sp³-hybridized carbons (Fsp3) is 0.308. The first kappa shape index (κ1) is 15.8. The average molecular weight is 329 g/mol. The molecule has 0 saturated heterocycles. The monoisotopic (exact) mass is 328 g/mol. The van der Waals surface area contributed by atoms with Crippen molar-refractivity contribution in [3.8, 4) is 0 Å². The van der Waals surface area contributed by atoms with Gasteiger partial charge in [-0.3, -0.25) is 0 Å². The van der Waals surface area contributed by atoms with Crippen molar-refractivity contribution in [3.05, 3.63) is 45.2 Å². The van der Waals surface area contributed by atoms with Gasteiger partial charge in [0, 0.05) is 6.42 Å². The van der Waals surface area contributed by atoms with Crippen molar-refractivity contribution in [3.63, 3.8) is 0 Å². The molecule has 0 aliphatic heterocycles. The van der Waals surface area contributed by atoms with Gasteiger partial charge in [0.15, 0.2) is 5.69 Å². The van der Waals surface area contributed by atoms with E-state index in [1.807, 2.05) is 6.07 Å². The predicted molar refractivity (Wildman–Crippen MR) is 79.7 cm³/mol. The van der Waals surface area contributed by atoms with Gasteiger partial charge in [0.25, 0.3) is 0 Å². The van der Waals surface area contributed by atoms with Gasteiger partial charge in [-0.2, -0.15) is 0 Å². The second-order valence-electron chi connectivity index (χ2n) is 4.29. The second kappa shape index (κ2) is 6.89. The lowest BCUT2D eigenvalue weighted by Gasteiger charge is -2.09. The molecule has 0 amide bonds. The number of carbonyl (C=O) groups excluding carboxylic acids is 1. The van der Waals surface area contributed by atoms with Crippen LogP contribution in [-0.2, 0) is 17.7 Å². The van der Waals surface area contributed by atoms with Crippen LogP contribution >= 0.6 is 23.2 Å². The summed E-state index contributed by atoms with van der Waals surface area (Å²) in [6.45, 7) is 0.708. The zero-order chi connectivity index (χ0) is 15.4. The van der Waals surface area contributed by atoms with Gasteiger partial charge in [0.1, 0.15) is 0 Å². The summed E-state index contributed by atoms with van der Waals surface area (Å²) in [5.74, 6) is -0.540. The first-order chi connectivity index (χ1) is 10.1.